The molecule has 2 aliphatic heterocycles. The SMILES string of the molecule is COC(=O)C1Cc2ccccc2CN1C(=O)CN1CCC(c2ccc(O)cc2)CC1. The number of ether oxygens (including phenoxy) is 1. The Hall–Kier alpha value is -2.86. The van der Waals surface area contributed by atoms with Gasteiger partial charge in [-0.25, -0.2) is 4.79 Å². The Morgan fingerprint density at radius 3 is 2.37 bits per heavy atom. The summed E-state index contributed by atoms with van der Waals surface area (Å²) in [6, 6.07) is 14.8. The second-order valence-corrected chi connectivity index (χ2v) is 8.18. The van der Waals surface area contributed by atoms with Gasteiger partial charge in [0.2, 0.25) is 5.91 Å². The number of hydrogen-bond donors (Lipinski definition) is 1. The Bertz CT molecular complexity index is 904. The van der Waals surface area contributed by atoms with Gasteiger partial charge in [0.1, 0.15) is 11.8 Å². The fourth-order valence-corrected chi connectivity index (χ4v) is 4.58. The highest BCUT2D eigenvalue weighted by Crippen LogP contribution is 2.29. The van der Waals surface area contributed by atoms with Crippen LogP contribution in [-0.4, -0.2) is 59.6 Å². The minimum atomic E-state index is -0.563. The second kappa shape index (κ2) is 8.88. The Kier molecular flexibility index (Phi) is 6.04. The van der Waals surface area contributed by atoms with Crippen LogP contribution in [0.3, 0.4) is 0 Å². The van der Waals surface area contributed by atoms with Crippen molar-refractivity contribution in [1.82, 2.24) is 9.80 Å². The molecule has 0 saturated carbocycles. The zero-order valence-corrected chi connectivity index (χ0v) is 17.3. The molecule has 1 fully saturated rings. The van der Waals surface area contributed by atoms with Crippen molar-refractivity contribution in [2.24, 2.45) is 0 Å². The molecule has 2 heterocycles. The summed E-state index contributed by atoms with van der Waals surface area (Å²) < 4.78 is 4.98. The number of aromatic hydroxyl groups is 1. The molecule has 1 amide bonds. The molecule has 0 radical (unpaired) electrons. The van der Waals surface area contributed by atoms with E-state index in [1.165, 1.54) is 12.7 Å². The molecule has 1 atom stereocenters. The third kappa shape index (κ3) is 4.33. The van der Waals surface area contributed by atoms with Crippen LogP contribution in [0.4, 0.5) is 0 Å². The van der Waals surface area contributed by atoms with E-state index in [2.05, 4.69) is 4.90 Å². The van der Waals surface area contributed by atoms with Gasteiger partial charge in [0.25, 0.3) is 0 Å². The van der Waals surface area contributed by atoms with Gasteiger partial charge in [0.15, 0.2) is 0 Å². The topological polar surface area (TPSA) is 70.1 Å². The van der Waals surface area contributed by atoms with E-state index < -0.39 is 6.04 Å². The van der Waals surface area contributed by atoms with Crippen LogP contribution in [0.15, 0.2) is 48.5 Å². The van der Waals surface area contributed by atoms with E-state index in [1.54, 1.807) is 17.0 Å². The molecule has 6 nitrogen and oxygen atoms in total. The molecule has 1 unspecified atom stereocenters. The predicted octanol–water partition coefficient (Wildman–Crippen LogP) is 2.70. The number of likely N-dealkylation sites (tertiary alicyclic amines) is 1. The number of phenolic OH excluding ortho intramolecular Hbond substituents is 1. The standard InChI is InChI=1S/C24H28N2O4/c1-30-24(29)22-14-19-4-2-3-5-20(19)15-26(22)23(28)16-25-12-10-18(11-13-25)17-6-8-21(27)9-7-17/h2-9,18,22,27H,10-16H2,1H3. The summed E-state index contributed by atoms with van der Waals surface area (Å²) in [7, 11) is 1.37. The largest absolute Gasteiger partial charge is 0.508 e. The molecule has 1 N–H and O–H groups in total. The Labute approximate surface area is 177 Å². The minimum Gasteiger partial charge on any atom is -0.508 e. The van der Waals surface area contributed by atoms with Gasteiger partial charge in [0, 0.05) is 13.0 Å². The summed E-state index contributed by atoms with van der Waals surface area (Å²) in [6.07, 6.45) is 2.44. The van der Waals surface area contributed by atoms with Gasteiger partial charge in [-0.05, 0) is 60.7 Å². The van der Waals surface area contributed by atoms with Crippen LogP contribution in [0, 0.1) is 0 Å². The lowest BCUT2D eigenvalue weighted by atomic mass is 9.89. The van der Waals surface area contributed by atoms with Crippen molar-refractivity contribution in [3.63, 3.8) is 0 Å². The number of carbonyl (C=O) groups excluding carboxylic acids is 2. The molecule has 158 valence electrons. The Morgan fingerprint density at radius 1 is 1.03 bits per heavy atom. The van der Waals surface area contributed by atoms with E-state index in [0.717, 1.165) is 37.1 Å². The third-order valence-electron chi connectivity index (χ3n) is 6.35. The Balaban J connectivity index is 1.39. The van der Waals surface area contributed by atoms with E-state index in [9.17, 15) is 14.7 Å². The minimum absolute atomic E-state index is 0.0250. The van der Waals surface area contributed by atoms with Crippen molar-refractivity contribution in [3.05, 3.63) is 65.2 Å². The van der Waals surface area contributed by atoms with E-state index in [-0.39, 0.29) is 17.6 Å². The summed E-state index contributed by atoms with van der Waals surface area (Å²) in [6.45, 7) is 2.44. The highest BCUT2D eigenvalue weighted by molar-refractivity contribution is 5.86. The van der Waals surface area contributed by atoms with Crippen molar-refractivity contribution in [1.29, 1.82) is 0 Å². The molecule has 2 aromatic carbocycles. The molecule has 0 bridgehead atoms. The van der Waals surface area contributed by atoms with Crippen molar-refractivity contribution < 1.29 is 19.4 Å². The van der Waals surface area contributed by atoms with Gasteiger partial charge in [0.05, 0.1) is 13.7 Å². The zero-order valence-electron chi connectivity index (χ0n) is 17.3. The van der Waals surface area contributed by atoms with Crippen LogP contribution in [0.2, 0.25) is 0 Å². The summed E-state index contributed by atoms with van der Waals surface area (Å²) in [4.78, 5) is 29.4. The van der Waals surface area contributed by atoms with Gasteiger partial charge < -0.3 is 14.7 Å². The first-order chi connectivity index (χ1) is 14.5. The van der Waals surface area contributed by atoms with Crippen LogP contribution in [0.25, 0.3) is 0 Å². The lowest BCUT2D eigenvalue weighted by Gasteiger charge is -2.38. The number of amides is 1. The maximum Gasteiger partial charge on any atom is 0.328 e. The number of phenols is 1. The maximum atomic E-state index is 13.1. The van der Waals surface area contributed by atoms with Crippen molar-refractivity contribution in [3.8, 4) is 5.75 Å². The third-order valence-corrected chi connectivity index (χ3v) is 6.35. The van der Waals surface area contributed by atoms with Crippen LogP contribution in [-0.2, 0) is 27.3 Å². The quantitative estimate of drug-likeness (QED) is 0.788. The molecular formula is C24H28N2O4. The first kappa shape index (κ1) is 20.4. The number of rotatable bonds is 4. The van der Waals surface area contributed by atoms with Crippen molar-refractivity contribution in [2.75, 3.05) is 26.7 Å². The van der Waals surface area contributed by atoms with Crippen molar-refractivity contribution >= 4 is 11.9 Å². The number of piperidine rings is 1. The molecule has 4 rings (SSSR count). The zero-order chi connectivity index (χ0) is 21.1. The van der Waals surface area contributed by atoms with Gasteiger partial charge in [-0.2, -0.15) is 0 Å². The van der Waals surface area contributed by atoms with Crippen LogP contribution in [0.5, 0.6) is 5.75 Å². The molecule has 1 saturated heterocycles. The highest BCUT2D eigenvalue weighted by Gasteiger charge is 2.36. The van der Waals surface area contributed by atoms with E-state index >= 15 is 0 Å². The van der Waals surface area contributed by atoms with Gasteiger partial charge in [-0.3, -0.25) is 9.69 Å². The molecule has 30 heavy (non-hydrogen) atoms. The fraction of sp³-hybridized carbons (Fsp3) is 0.417. The molecule has 0 aromatic heterocycles. The number of nitrogens with zero attached hydrogens (tertiary/aromatic N) is 2. The van der Waals surface area contributed by atoms with Gasteiger partial charge >= 0.3 is 5.97 Å². The lowest BCUT2D eigenvalue weighted by Crippen LogP contribution is -2.52. The molecule has 0 spiro atoms. The average Bonchev–Trinajstić information content (AvgIpc) is 2.78. The number of benzene rings is 2. The summed E-state index contributed by atoms with van der Waals surface area (Å²) >= 11 is 0. The van der Waals surface area contributed by atoms with E-state index in [1.807, 2.05) is 36.4 Å². The predicted molar refractivity (Wildman–Crippen MR) is 113 cm³/mol. The normalized spacial score (nSPS) is 19.9. The molecule has 2 aliphatic rings. The number of carbonyl (C=O) groups is 2. The van der Waals surface area contributed by atoms with Crippen LogP contribution >= 0.6 is 0 Å². The van der Waals surface area contributed by atoms with Crippen LogP contribution < -0.4 is 0 Å². The first-order valence-electron chi connectivity index (χ1n) is 10.5. The molecule has 0 aliphatic carbocycles. The average molecular weight is 408 g/mol. The lowest BCUT2D eigenvalue weighted by molar-refractivity contribution is -0.154. The van der Waals surface area contributed by atoms with Crippen LogP contribution in [0.1, 0.15) is 35.4 Å². The summed E-state index contributed by atoms with van der Waals surface area (Å²) in [5.74, 6) is 0.346. The molecule has 6 heteroatoms. The number of hydrogen-bond acceptors (Lipinski definition) is 5. The fourth-order valence-electron chi connectivity index (χ4n) is 4.58. The van der Waals surface area contributed by atoms with Crippen molar-refractivity contribution in [2.45, 2.75) is 37.8 Å². The van der Waals surface area contributed by atoms with Gasteiger partial charge in [-0.15, -0.1) is 0 Å². The van der Waals surface area contributed by atoms with Gasteiger partial charge in [-0.1, -0.05) is 36.4 Å². The monoisotopic (exact) mass is 408 g/mol. The maximum absolute atomic E-state index is 13.1. The second-order valence-electron chi connectivity index (χ2n) is 8.18. The smallest absolute Gasteiger partial charge is 0.328 e. The molecular weight excluding hydrogens is 380 g/mol. The summed E-state index contributed by atoms with van der Waals surface area (Å²) in [5, 5.41) is 9.48. The molecule has 2 aromatic rings. The summed E-state index contributed by atoms with van der Waals surface area (Å²) in [5.41, 5.74) is 3.43. The number of methoxy groups -OCH3 is 1. The number of esters is 1. The Morgan fingerprint density at radius 2 is 1.70 bits per heavy atom. The van der Waals surface area contributed by atoms with E-state index in [0.29, 0.717) is 25.4 Å². The highest BCUT2D eigenvalue weighted by atomic mass is 16.5. The first-order valence-corrected chi connectivity index (χ1v) is 10.5. The van der Waals surface area contributed by atoms with E-state index in [4.69, 9.17) is 4.74 Å². The number of fused-ring (bicyclic) bond motifs is 1.